The molecule has 1 fully saturated rings. The van der Waals surface area contributed by atoms with E-state index in [0.717, 1.165) is 91.8 Å². The van der Waals surface area contributed by atoms with Crippen molar-refractivity contribution in [3.05, 3.63) is 99.6 Å². The molecule has 0 unspecified atom stereocenters. The number of benzene rings is 2. The van der Waals surface area contributed by atoms with Crippen molar-refractivity contribution in [1.29, 1.82) is 0 Å². The average molecular weight is 648 g/mol. The second-order valence-corrected chi connectivity index (χ2v) is 13.9. The SMILES string of the molecule is CS(=O)(=O)N1CCc2c(c(-c3ccc(Cl)c(C#Cc4ccc(CNCc5ccco5)cc4)c3)nn2CCCN2CCOCC2)C1. The number of hydrogen-bond donors (Lipinski definition) is 1. The largest absolute Gasteiger partial charge is 0.468 e. The molecule has 11 heteroatoms. The predicted octanol–water partition coefficient (Wildman–Crippen LogP) is 4.53. The minimum absolute atomic E-state index is 0.305. The van der Waals surface area contributed by atoms with Crippen LogP contribution in [-0.4, -0.2) is 73.1 Å². The second kappa shape index (κ2) is 14.3. The zero-order chi connectivity index (χ0) is 31.2. The number of aryl methyl sites for hydroxylation is 1. The highest BCUT2D eigenvalue weighted by atomic mass is 35.5. The van der Waals surface area contributed by atoms with E-state index in [-0.39, 0.29) is 0 Å². The fourth-order valence-electron chi connectivity index (χ4n) is 5.79. The van der Waals surface area contributed by atoms with Gasteiger partial charge in [0.2, 0.25) is 10.0 Å². The molecular formula is C34H38ClN5O4S. The van der Waals surface area contributed by atoms with Crippen LogP contribution < -0.4 is 5.32 Å². The van der Waals surface area contributed by atoms with Crippen molar-refractivity contribution >= 4 is 21.6 Å². The number of furan rings is 1. The lowest BCUT2D eigenvalue weighted by Crippen LogP contribution is -2.37. The van der Waals surface area contributed by atoms with Crippen LogP contribution in [0.5, 0.6) is 0 Å². The summed E-state index contributed by atoms with van der Waals surface area (Å²) in [6.07, 6.45) is 4.53. The topological polar surface area (TPSA) is 92.8 Å². The van der Waals surface area contributed by atoms with E-state index in [0.29, 0.717) is 36.6 Å². The zero-order valence-corrected chi connectivity index (χ0v) is 27.0. The average Bonchev–Trinajstić information content (AvgIpc) is 3.69. The number of nitrogens with one attached hydrogen (secondary N) is 1. The molecule has 0 radical (unpaired) electrons. The smallest absolute Gasteiger partial charge is 0.211 e. The quantitative estimate of drug-likeness (QED) is 0.253. The Labute approximate surface area is 270 Å². The van der Waals surface area contributed by atoms with Crippen LogP contribution in [0.3, 0.4) is 0 Å². The van der Waals surface area contributed by atoms with E-state index in [4.69, 9.17) is 25.9 Å². The Morgan fingerprint density at radius 2 is 1.82 bits per heavy atom. The van der Waals surface area contributed by atoms with Crippen molar-refractivity contribution in [2.75, 3.05) is 45.6 Å². The maximum Gasteiger partial charge on any atom is 0.211 e. The Bertz CT molecular complexity index is 1770. The molecule has 236 valence electrons. The number of halogens is 1. The summed E-state index contributed by atoms with van der Waals surface area (Å²) < 4.78 is 39.4. The first-order valence-corrected chi connectivity index (χ1v) is 17.5. The van der Waals surface area contributed by atoms with Gasteiger partial charge in [0.15, 0.2) is 0 Å². The molecule has 2 aliphatic rings. The second-order valence-electron chi connectivity index (χ2n) is 11.5. The summed E-state index contributed by atoms with van der Waals surface area (Å²) in [6, 6.07) is 17.7. The maximum absolute atomic E-state index is 12.5. The maximum atomic E-state index is 12.5. The van der Waals surface area contributed by atoms with Crippen LogP contribution in [0.1, 0.15) is 40.1 Å². The number of rotatable bonds is 10. The van der Waals surface area contributed by atoms with Crippen LogP contribution in [0.4, 0.5) is 0 Å². The molecular weight excluding hydrogens is 610 g/mol. The summed E-state index contributed by atoms with van der Waals surface area (Å²) in [7, 11) is -3.34. The van der Waals surface area contributed by atoms with Gasteiger partial charge in [-0.2, -0.15) is 9.40 Å². The van der Waals surface area contributed by atoms with Crippen molar-refractivity contribution < 1.29 is 17.6 Å². The molecule has 0 atom stereocenters. The highest BCUT2D eigenvalue weighted by molar-refractivity contribution is 7.88. The van der Waals surface area contributed by atoms with Crippen LogP contribution >= 0.6 is 11.6 Å². The van der Waals surface area contributed by atoms with Crippen LogP contribution in [0.2, 0.25) is 5.02 Å². The van der Waals surface area contributed by atoms with Gasteiger partial charge in [-0.25, -0.2) is 8.42 Å². The Morgan fingerprint density at radius 1 is 1.00 bits per heavy atom. The van der Waals surface area contributed by atoms with Gasteiger partial charge in [0.1, 0.15) is 5.76 Å². The van der Waals surface area contributed by atoms with E-state index in [1.165, 1.54) is 10.6 Å². The van der Waals surface area contributed by atoms with E-state index >= 15 is 0 Å². The van der Waals surface area contributed by atoms with Gasteiger partial charge in [0.25, 0.3) is 0 Å². The van der Waals surface area contributed by atoms with Crippen LogP contribution in [0.15, 0.2) is 65.3 Å². The van der Waals surface area contributed by atoms with Crippen molar-refractivity contribution in [2.24, 2.45) is 0 Å². The molecule has 0 saturated carbocycles. The predicted molar refractivity (Wildman–Crippen MR) is 175 cm³/mol. The van der Waals surface area contributed by atoms with E-state index in [9.17, 15) is 8.42 Å². The molecule has 45 heavy (non-hydrogen) atoms. The number of nitrogens with zero attached hydrogens (tertiary/aromatic N) is 4. The number of sulfonamides is 1. The Balaban J connectivity index is 1.20. The van der Waals surface area contributed by atoms with E-state index in [1.807, 2.05) is 42.5 Å². The summed E-state index contributed by atoms with van der Waals surface area (Å²) in [4.78, 5) is 2.42. The monoisotopic (exact) mass is 647 g/mol. The lowest BCUT2D eigenvalue weighted by Gasteiger charge is -2.27. The first-order valence-electron chi connectivity index (χ1n) is 15.3. The van der Waals surface area contributed by atoms with Gasteiger partial charge in [-0.15, -0.1) is 0 Å². The molecule has 9 nitrogen and oxygen atoms in total. The number of ether oxygens (including phenoxy) is 1. The van der Waals surface area contributed by atoms with Gasteiger partial charge < -0.3 is 14.5 Å². The Kier molecular flexibility index (Phi) is 10.0. The summed E-state index contributed by atoms with van der Waals surface area (Å²) in [5.74, 6) is 7.39. The molecule has 2 aliphatic heterocycles. The standard InChI is InChI=1S/C34H38ClN5O4S/c1-45(41,42)39-16-13-33-31(25-39)34(37-40(33)15-3-14-38-17-20-43-21-18-38)29-11-12-32(35)28(22-29)10-9-26-5-7-27(8-6-26)23-36-24-30-4-2-19-44-30/h2,4-8,11-12,19,22,36H,3,13-18,20-21,23-25H2,1H3. The molecule has 2 aromatic carbocycles. The molecule has 0 amide bonds. The summed E-state index contributed by atoms with van der Waals surface area (Å²) in [5, 5.41) is 8.98. The van der Waals surface area contributed by atoms with Gasteiger partial charge in [-0.1, -0.05) is 41.6 Å². The Hall–Kier alpha value is -3.43. The number of fused-ring (bicyclic) bond motifs is 1. The summed E-state index contributed by atoms with van der Waals surface area (Å²) in [6.45, 7) is 7.37. The number of morpholine rings is 1. The van der Waals surface area contributed by atoms with Gasteiger partial charge in [-0.05, 0) is 48.4 Å². The minimum atomic E-state index is -3.34. The van der Waals surface area contributed by atoms with E-state index < -0.39 is 10.0 Å². The normalized spacial score (nSPS) is 15.9. The van der Waals surface area contributed by atoms with Gasteiger partial charge in [0.05, 0.1) is 43.0 Å². The first-order chi connectivity index (χ1) is 21.8. The molecule has 4 heterocycles. The molecule has 0 spiro atoms. The highest BCUT2D eigenvalue weighted by Gasteiger charge is 2.30. The van der Waals surface area contributed by atoms with Crippen molar-refractivity contribution in [1.82, 2.24) is 24.3 Å². The van der Waals surface area contributed by atoms with Crippen LogP contribution in [0.25, 0.3) is 11.3 Å². The summed E-state index contributed by atoms with van der Waals surface area (Å²) in [5.41, 5.74) is 6.46. The third-order valence-corrected chi connectivity index (χ3v) is 9.84. The van der Waals surface area contributed by atoms with Gasteiger partial charge >= 0.3 is 0 Å². The van der Waals surface area contributed by atoms with E-state index in [2.05, 4.69) is 38.9 Å². The van der Waals surface area contributed by atoms with E-state index in [1.54, 1.807) is 6.26 Å². The molecule has 0 aliphatic carbocycles. The fourth-order valence-corrected chi connectivity index (χ4v) is 6.74. The molecule has 2 aromatic heterocycles. The van der Waals surface area contributed by atoms with Crippen LogP contribution in [0, 0.1) is 11.8 Å². The van der Waals surface area contributed by atoms with Crippen LogP contribution in [-0.2, 0) is 47.4 Å². The highest BCUT2D eigenvalue weighted by Crippen LogP contribution is 2.33. The van der Waals surface area contributed by atoms with Gasteiger partial charge in [-0.3, -0.25) is 9.58 Å². The summed E-state index contributed by atoms with van der Waals surface area (Å²) >= 11 is 6.60. The Morgan fingerprint density at radius 3 is 2.58 bits per heavy atom. The van der Waals surface area contributed by atoms with Crippen molar-refractivity contribution in [2.45, 2.75) is 39.0 Å². The third-order valence-electron chi connectivity index (χ3n) is 8.26. The molecule has 1 saturated heterocycles. The number of aromatic nitrogens is 2. The van der Waals surface area contributed by atoms with Crippen molar-refractivity contribution in [3.8, 4) is 23.1 Å². The minimum Gasteiger partial charge on any atom is -0.468 e. The zero-order valence-electron chi connectivity index (χ0n) is 25.5. The lowest BCUT2D eigenvalue weighted by molar-refractivity contribution is 0.0368. The molecule has 1 N–H and O–H groups in total. The lowest BCUT2D eigenvalue weighted by atomic mass is 10.0. The third kappa shape index (κ3) is 8.05. The molecule has 4 aromatic rings. The molecule has 6 rings (SSSR count). The van der Waals surface area contributed by atoms with Gasteiger partial charge in [0, 0.05) is 80.2 Å². The number of hydrogen-bond acceptors (Lipinski definition) is 7. The first kappa shape index (κ1) is 31.5. The fraction of sp³-hybridized carbons (Fsp3) is 0.382. The molecule has 0 bridgehead atoms. The van der Waals surface area contributed by atoms with Crippen molar-refractivity contribution in [3.63, 3.8) is 0 Å².